The number of carbonyl (C=O) groups is 4. The molecule has 1 heterocycles. The molecule has 0 atom stereocenters. The number of nitrogens with zero attached hydrogens (tertiary/aromatic N) is 1. The number of hydrogen-bond acceptors (Lipinski definition) is 8. The van der Waals surface area contributed by atoms with Crippen LogP contribution in [-0.4, -0.2) is 54.9 Å². The fourth-order valence-corrected chi connectivity index (χ4v) is 3.57. The molecule has 11 heteroatoms. The van der Waals surface area contributed by atoms with Crippen molar-refractivity contribution in [1.29, 1.82) is 0 Å². The minimum absolute atomic E-state index is 0.0901. The van der Waals surface area contributed by atoms with Crippen molar-refractivity contribution in [3.8, 4) is 5.75 Å². The highest BCUT2D eigenvalue weighted by atomic mass is 35.5. The van der Waals surface area contributed by atoms with Crippen molar-refractivity contribution in [3.63, 3.8) is 0 Å². The number of amides is 2. The second kappa shape index (κ2) is 9.81. The number of imide groups is 1. The van der Waals surface area contributed by atoms with Gasteiger partial charge in [0.25, 0.3) is 11.1 Å². The van der Waals surface area contributed by atoms with Gasteiger partial charge < -0.3 is 14.2 Å². The molecule has 0 unspecified atom stereocenters. The van der Waals surface area contributed by atoms with Crippen molar-refractivity contribution in [3.05, 3.63) is 32.6 Å². The van der Waals surface area contributed by atoms with E-state index in [2.05, 4.69) is 4.74 Å². The lowest BCUT2D eigenvalue weighted by molar-refractivity contribution is -0.145. The molecule has 0 radical (unpaired) electrons. The Bertz CT molecular complexity index is 833. The molecular weight excluding hydrogens is 433 g/mol. The molecule has 0 aromatic heterocycles. The van der Waals surface area contributed by atoms with Gasteiger partial charge in [-0.05, 0) is 42.5 Å². The standard InChI is InChI=1S/C17H15Cl2NO7S/c1-3-26-14(22)8-27-15-10(18)4-9(5-11(15)19)6-12-16(23)20(17(24)28-12)7-13(21)25-2/h4-6H,3,7-8H2,1-2H3. The third-order valence-corrected chi connectivity index (χ3v) is 4.82. The molecule has 0 bridgehead atoms. The lowest BCUT2D eigenvalue weighted by atomic mass is 10.2. The number of esters is 2. The highest BCUT2D eigenvalue weighted by Gasteiger charge is 2.36. The monoisotopic (exact) mass is 447 g/mol. The van der Waals surface area contributed by atoms with Gasteiger partial charge in [0.15, 0.2) is 12.4 Å². The summed E-state index contributed by atoms with van der Waals surface area (Å²) < 4.78 is 14.5. The van der Waals surface area contributed by atoms with Crippen molar-refractivity contribution in [2.24, 2.45) is 0 Å². The number of rotatable bonds is 7. The van der Waals surface area contributed by atoms with E-state index in [1.807, 2.05) is 0 Å². The van der Waals surface area contributed by atoms with Crippen molar-refractivity contribution in [1.82, 2.24) is 4.90 Å². The minimum atomic E-state index is -0.710. The molecule has 8 nitrogen and oxygen atoms in total. The summed E-state index contributed by atoms with van der Waals surface area (Å²) in [5.74, 6) is -1.82. The number of hydrogen-bond donors (Lipinski definition) is 0. The average Bonchev–Trinajstić information content (AvgIpc) is 2.88. The lowest BCUT2D eigenvalue weighted by Crippen LogP contribution is -2.34. The average molecular weight is 448 g/mol. The summed E-state index contributed by atoms with van der Waals surface area (Å²) in [5, 5.41) is -0.373. The van der Waals surface area contributed by atoms with E-state index in [1.165, 1.54) is 18.2 Å². The van der Waals surface area contributed by atoms with E-state index in [9.17, 15) is 19.2 Å². The first-order chi connectivity index (χ1) is 13.3. The summed E-state index contributed by atoms with van der Waals surface area (Å²) in [7, 11) is 1.16. The Morgan fingerprint density at radius 3 is 2.39 bits per heavy atom. The van der Waals surface area contributed by atoms with Gasteiger partial charge in [0.05, 0.1) is 28.7 Å². The third kappa shape index (κ3) is 5.40. The predicted molar refractivity (Wildman–Crippen MR) is 103 cm³/mol. The zero-order valence-electron chi connectivity index (χ0n) is 14.8. The van der Waals surface area contributed by atoms with Crippen molar-refractivity contribution in [2.45, 2.75) is 6.92 Å². The van der Waals surface area contributed by atoms with Crippen molar-refractivity contribution in [2.75, 3.05) is 26.9 Å². The van der Waals surface area contributed by atoms with Gasteiger partial charge in [0, 0.05) is 0 Å². The van der Waals surface area contributed by atoms with Crippen LogP contribution in [0.5, 0.6) is 5.75 Å². The first-order valence-electron chi connectivity index (χ1n) is 7.86. The third-order valence-electron chi connectivity index (χ3n) is 3.35. The van der Waals surface area contributed by atoms with Crippen LogP contribution < -0.4 is 4.74 Å². The second-order valence-corrected chi connectivity index (χ2v) is 7.06. The van der Waals surface area contributed by atoms with Crippen LogP contribution in [-0.2, 0) is 23.9 Å². The minimum Gasteiger partial charge on any atom is -0.479 e. The molecule has 0 saturated carbocycles. The summed E-state index contributed by atoms with van der Waals surface area (Å²) in [6.45, 7) is 1.05. The second-order valence-electron chi connectivity index (χ2n) is 5.25. The summed E-state index contributed by atoms with van der Waals surface area (Å²) >= 11 is 13.0. The van der Waals surface area contributed by atoms with Crippen LogP contribution in [0, 0.1) is 0 Å². The van der Waals surface area contributed by atoms with E-state index >= 15 is 0 Å². The number of carbonyl (C=O) groups excluding carboxylic acids is 4. The fraction of sp³-hybridized carbons (Fsp3) is 0.294. The molecule has 0 spiro atoms. The van der Waals surface area contributed by atoms with E-state index in [0.29, 0.717) is 17.3 Å². The Morgan fingerprint density at radius 2 is 1.82 bits per heavy atom. The Hall–Kier alpha value is -2.23. The van der Waals surface area contributed by atoms with Crippen LogP contribution in [0.2, 0.25) is 10.0 Å². The van der Waals surface area contributed by atoms with Crippen LogP contribution >= 0.6 is 35.0 Å². The SMILES string of the molecule is CCOC(=O)COc1c(Cl)cc(C=C2SC(=O)N(CC(=O)OC)C2=O)cc1Cl. The number of ether oxygens (including phenoxy) is 3. The highest BCUT2D eigenvalue weighted by molar-refractivity contribution is 8.18. The normalized spacial score (nSPS) is 15.1. The van der Waals surface area contributed by atoms with Crippen LogP contribution in [0.1, 0.15) is 12.5 Å². The van der Waals surface area contributed by atoms with Crippen LogP contribution in [0.15, 0.2) is 17.0 Å². The molecule has 1 aliphatic rings. The molecule has 1 fully saturated rings. The lowest BCUT2D eigenvalue weighted by Gasteiger charge is -2.11. The molecule has 1 aromatic carbocycles. The number of thioether (sulfide) groups is 1. The summed E-state index contributed by atoms with van der Waals surface area (Å²) in [5.41, 5.74) is 0.432. The van der Waals surface area contributed by atoms with E-state index in [1.54, 1.807) is 6.92 Å². The Labute approximate surface area is 174 Å². The van der Waals surface area contributed by atoms with Crippen molar-refractivity contribution >= 4 is 64.1 Å². The molecule has 2 amide bonds. The smallest absolute Gasteiger partial charge is 0.344 e. The van der Waals surface area contributed by atoms with Crippen LogP contribution in [0.25, 0.3) is 6.08 Å². The van der Waals surface area contributed by atoms with E-state index in [-0.39, 0.29) is 33.9 Å². The summed E-state index contributed by atoms with van der Waals surface area (Å²) in [6.07, 6.45) is 1.41. The summed E-state index contributed by atoms with van der Waals surface area (Å²) in [4.78, 5) is 47.8. The number of benzene rings is 1. The number of halogens is 2. The van der Waals surface area contributed by atoms with E-state index in [4.69, 9.17) is 32.7 Å². The van der Waals surface area contributed by atoms with Gasteiger partial charge in [-0.1, -0.05) is 23.2 Å². The molecule has 1 aliphatic heterocycles. The predicted octanol–water partition coefficient (Wildman–Crippen LogP) is 3.14. The Kier molecular flexibility index (Phi) is 7.73. The molecule has 0 aliphatic carbocycles. The molecule has 1 saturated heterocycles. The van der Waals surface area contributed by atoms with Gasteiger partial charge in [-0.25, -0.2) is 4.79 Å². The Morgan fingerprint density at radius 1 is 1.18 bits per heavy atom. The number of methoxy groups -OCH3 is 1. The summed E-state index contributed by atoms with van der Waals surface area (Å²) in [6, 6.07) is 2.92. The maximum Gasteiger partial charge on any atom is 0.344 e. The van der Waals surface area contributed by atoms with Gasteiger partial charge in [0.2, 0.25) is 0 Å². The maximum absolute atomic E-state index is 12.3. The molecule has 0 N–H and O–H groups in total. The Balaban J connectivity index is 2.18. The first-order valence-corrected chi connectivity index (χ1v) is 9.43. The molecule has 1 aromatic rings. The van der Waals surface area contributed by atoms with Gasteiger partial charge in [-0.2, -0.15) is 0 Å². The van der Waals surface area contributed by atoms with Crippen molar-refractivity contribution < 1.29 is 33.4 Å². The fourth-order valence-electron chi connectivity index (χ4n) is 2.12. The molecule has 28 heavy (non-hydrogen) atoms. The van der Waals surface area contributed by atoms with Gasteiger partial charge in [-0.15, -0.1) is 0 Å². The quantitative estimate of drug-likeness (QED) is 0.464. The first kappa shape index (κ1) is 22.1. The zero-order valence-corrected chi connectivity index (χ0v) is 17.2. The highest BCUT2D eigenvalue weighted by Crippen LogP contribution is 2.37. The van der Waals surface area contributed by atoms with Crippen LogP contribution in [0.4, 0.5) is 4.79 Å². The largest absolute Gasteiger partial charge is 0.479 e. The van der Waals surface area contributed by atoms with E-state index in [0.717, 1.165) is 12.0 Å². The zero-order chi connectivity index (χ0) is 20.8. The molecule has 150 valence electrons. The van der Waals surface area contributed by atoms with E-state index < -0.39 is 29.6 Å². The molecule has 2 rings (SSSR count). The van der Waals surface area contributed by atoms with Gasteiger partial charge in [0.1, 0.15) is 6.54 Å². The van der Waals surface area contributed by atoms with Gasteiger partial charge >= 0.3 is 11.9 Å². The maximum atomic E-state index is 12.3. The molecular formula is C17H15Cl2NO7S. The topological polar surface area (TPSA) is 99.2 Å². The van der Waals surface area contributed by atoms with Gasteiger partial charge in [-0.3, -0.25) is 19.3 Å². The van der Waals surface area contributed by atoms with Crippen LogP contribution in [0.3, 0.4) is 0 Å².